The van der Waals surface area contributed by atoms with Crippen LogP contribution in [-0.4, -0.2) is 24.7 Å². The minimum atomic E-state index is 0.743. The minimum absolute atomic E-state index is 0.743. The summed E-state index contributed by atoms with van der Waals surface area (Å²) in [6.07, 6.45) is 11.1. The third-order valence-corrected chi connectivity index (χ3v) is 4.23. The summed E-state index contributed by atoms with van der Waals surface area (Å²) in [6.45, 7) is 2.38. The van der Waals surface area contributed by atoms with E-state index in [1.807, 2.05) is 37.1 Å². The quantitative estimate of drug-likeness (QED) is 0.541. The highest BCUT2D eigenvalue weighted by Crippen LogP contribution is 2.19. The molecule has 0 unspecified atom stereocenters. The zero-order valence-corrected chi connectivity index (χ0v) is 14.3. The highest BCUT2D eigenvalue weighted by atomic mass is 15.1. The maximum absolute atomic E-state index is 4.18. The van der Waals surface area contributed by atoms with Crippen molar-refractivity contribution in [1.82, 2.24) is 30.0 Å². The number of H-pyrrole nitrogens is 1. The molecule has 130 valence electrons. The summed E-state index contributed by atoms with van der Waals surface area (Å²) < 4.78 is 2.07. The molecule has 1 aromatic carbocycles. The first kappa shape index (κ1) is 16.2. The molecule has 0 saturated carbocycles. The smallest absolute Gasteiger partial charge is 0.0949 e. The molecule has 0 aliphatic heterocycles. The molecule has 3 heterocycles. The Hall–Kier alpha value is -3.25. The fraction of sp³-hybridized carbons (Fsp3) is 0.150. The van der Waals surface area contributed by atoms with Gasteiger partial charge in [0.1, 0.15) is 0 Å². The lowest BCUT2D eigenvalue weighted by atomic mass is 10.1. The second-order valence-corrected chi connectivity index (χ2v) is 6.17. The van der Waals surface area contributed by atoms with E-state index in [0.717, 1.165) is 36.5 Å². The van der Waals surface area contributed by atoms with E-state index in [0.29, 0.717) is 0 Å². The van der Waals surface area contributed by atoms with Crippen molar-refractivity contribution in [2.24, 2.45) is 0 Å². The second kappa shape index (κ2) is 7.76. The Kier molecular flexibility index (Phi) is 4.84. The largest absolute Gasteiger partial charge is 0.333 e. The summed E-state index contributed by atoms with van der Waals surface area (Å²) in [6, 6.07) is 12.6. The first-order valence-corrected chi connectivity index (χ1v) is 8.55. The van der Waals surface area contributed by atoms with Crippen LogP contribution in [0.1, 0.15) is 16.7 Å². The summed E-state index contributed by atoms with van der Waals surface area (Å²) >= 11 is 0. The molecule has 0 spiro atoms. The molecule has 0 saturated heterocycles. The van der Waals surface area contributed by atoms with Crippen LogP contribution in [0.4, 0.5) is 0 Å². The Bertz CT molecular complexity index is 943. The highest BCUT2D eigenvalue weighted by molar-refractivity contribution is 5.61. The van der Waals surface area contributed by atoms with Crippen molar-refractivity contribution in [3.8, 4) is 11.3 Å². The van der Waals surface area contributed by atoms with E-state index in [1.165, 1.54) is 11.1 Å². The Morgan fingerprint density at radius 2 is 1.92 bits per heavy atom. The molecular formula is C20H20N6. The van der Waals surface area contributed by atoms with Gasteiger partial charge >= 0.3 is 0 Å². The lowest BCUT2D eigenvalue weighted by molar-refractivity contribution is 0.692. The van der Waals surface area contributed by atoms with Crippen molar-refractivity contribution in [3.63, 3.8) is 0 Å². The number of hydrogen-bond donors (Lipinski definition) is 2. The number of hydrogen-bond acceptors (Lipinski definition) is 4. The van der Waals surface area contributed by atoms with Gasteiger partial charge in [0.05, 0.1) is 18.2 Å². The van der Waals surface area contributed by atoms with Crippen LogP contribution in [0.25, 0.3) is 11.3 Å². The lowest BCUT2D eigenvalue weighted by Crippen LogP contribution is -2.13. The van der Waals surface area contributed by atoms with Gasteiger partial charge in [0.2, 0.25) is 0 Å². The second-order valence-electron chi connectivity index (χ2n) is 6.17. The first-order chi connectivity index (χ1) is 12.9. The first-order valence-electron chi connectivity index (χ1n) is 8.55. The summed E-state index contributed by atoms with van der Waals surface area (Å²) in [5.41, 5.74) is 5.71. The van der Waals surface area contributed by atoms with E-state index in [-0.39, 0.29) is 0 Å². The van der Waals surface area contributed by atoms with Crippen molar-refractivity contribution in [2.45, 2.75) is 19.6 Å². The van der Waals surface area contributed by atoms with Gasteiger partial charge in [-0.05, 0) is 23.3 Å². The third-order valence-electron chi connectivity index (χ3n) is 4.23. The van der Waals surface area contributed by atoms with E-state index in [4.69, 9.17) is 0 Å². The molecule has 26 heavy (non-hydrogen) atoms. The number of nitrogens with one attached hydrogen (secondary N) is 2. The van der Waals surface area contributed by atoms with Crippen LogP contribution in [0.2, 0.25) is 0 Å². The van der Waals surface area contributed by atoms with E-state index in [1.54, 1.807) is 12.4 Å². The molecule has 0 aliphatic carbocycles. The zero-order chi connectivity index (χ0) is 17.6. The van der Waals surface area contributed by atoms with Gasteiger partial charge in [-0.25, -0.2) is 4.98 Å². The van der Waals surface area contributed by atoms with Crippen LogP contribution < -0.4 is 5.32 Å². The zero-order valence-electron chi connectivity index (χ0n) is 14.3. The van der Waals surface area contributed by atoms with Gasteiger partial charge in [0.25, 0.3) is 0 Å². The van der Waals surface area contributed by atoms with E-state index in [9.17, 15) is 0 Å². The van der Waals surface area contributed by atoms with E-state index in [2.05, 4.69) is 54.3 Å². The Morgan fingerprint density at radius 3 is 2.77 bits per heavy atom. The monoisotopic (exact) mass is 344 g/mol. The normalized spacial score (nSPS) is 10.9. The molecule has 6 heteroatoms. The van der Waals surface area contributed by atoms with Crippen molar-refractivity contribution in [1.29, 1.82) is 0 Å². The van der Waals surface area contributed by atoms with Gasteiger partial charge in [-0.2, -0.15) is 5.10 Å². The van der Waals surface area contributed by atoms with Gasteiger partial charge in [-0.1, -0.05) is 24.3 Å². The number of imidazole rings is 1. The number of aromatic amines is 1. The van der Waals surface area contributed by atoms with Crippen molar-refractivity contribution in [3.05, 3.63) is 90.4 Å². The topological polar surface area (TPSA) is 71.4 Å². The van der Waals surface area contributed by atoms with Gasteiger partial charge < -0.3 is 9.88 Å². The highest BCUT2D eigenvalue weighted by Gasteiger charge is 2.07. The maximum atomic E-state index is 4.18. The number of rotatable bonds is 7. The SMILES string of the molecule is c1cc(CNCc2cn[nH]c2-c2cccnc2)cc(Cn2ccnc2)c1. The molecule has 3 aromatic heterocycles. The average Bonchev–Trinajstić information content (AvgIpc) is 3.35. The van der Waals surface area contributed by atoms with Crippen LogP contribution in [-0.2, 0) is 19.6 Å². The van der Waals surface area contributed by atoms with Crippen LogP contribution in [0, 0.1) is 0 Å². The van der Waals surface area contributed by atoms with Gasteiger partial charge in [-0.15, -0.1) is 0 Å². The van der Waals surface area contributed by atoms with Crippen molar-refractivity contribution in [2.75, 3.05) is 0 Å². The van der Waals surface area contributed by atoms with Crippen LogP contribution in [0.3, 0.4) is 0 Å². The number of benzene rings is 1. The minimum Gasteiger partial charge on any atom is -0.333 e. The number of pyridine rings is 1. The van der Waals surface area contributed by atoms with Gasteiger partial charge in [-0.3, -0.25) is 10.1 Å². The summed E-state index contributed by atoms with van der Waals surface area (Å²) in [4.78, 5) is 8.26. The van der Waals surface area contributed by atoms with Crippen LogP contribution in [0.5, 0.6) is 0 Å². The molecule has 6 nitrogen and oxygen atoms in total. The van der Waals surface area contributed by atoms with Crippen molar-refractivity contribution < 1.29 is 0 Å². The molecule has 0 radical (unpaired) electrons. The van der Waals surface area contributed by atoms with Gasteiger partial charge in [0, 0.05) is 55.5 Å². The molecule has 0 aliphatic rings. The molecule has 0 fully saturated rings. The number of aromatic nitrogens is 5. The predicted molar refractivity (Wildman–Crippen MR) is 100 cm³/mol. The molecule has 0 bridgehead atoms. The predicted octanol–water partition coefficient (Wildman–Crippen LogP) is 3.01. The van der Waals surface area contributed by atoms with E-state index < -0.39 is 0 Å². The lowest BCUT2D eigenvalue weighted by Gasteiger charge is -2.08. The van der Waals surface area contributed by atoms with Crippen molar-refractivity contribution >= 4 is 0 Å². The number of nitrogens with zero attached hydrogens (tertiary/aromatic N) is 4. The van der Waals surface area contributed by atoms with Crippen LogP contribution >= 0.6 is 0 Å². The fourth-order valence-corrected chi connectivity index (χ4v) is 2.98. The third kappa shape index (κ3) is 3.87. The Morgan fingerprint density at radius 1 is 0.962 bits per heavy atom. The van der Waals surface area contributed by atoms with E-state index >= 15 is 0 Å². The molecule has 0 atom stereocenters. The Labute approximate surface area is 152 Å². The maximum Gasteiger partial charge on any atom is 0.0949 e. The average molecular weight is 344 g/mol. The standard InChI is InChI=1S/C20H20N6/c1-3-16(9-17(4-1)14-26-8-7-22-15-26)10-23-12-19-13-24-25-20(19)18-5-2-6-21-11-18/h1-9,11,13,15,23H,10,12,14H2,(H,24,25). The molecule has 0 amide bonds. The molecule has 4 aromatic rings. The molecule has 4 rings (SSSR count). The molecular weight excluding hydrogens is 324 g/mol. The Balaban J connectivity index is 1.38. The summed E-state index contributed by atoms with van der Waals surface area (Å²) in [5.74, 6) is 0. The van der Waals surface area contributed by atoms with Gasteiger partial charge in [0.15, 0.2) is 0 Å². The summed E-state index contributed by atoms with van der Waals surface area (Å²) in [7, 11) is 0. The summed E-state index contributed by atoms with van der Waals surface area (Å²) in [5, 5.41) is 10.7. The van der Waals surface area contributed by atoms with Crippen LogP contribution in [0.15, 0.2) is 73.7 Å². The molecule has 2 N–H and O–H groups in total. The fourth-order valence-electron chi connectivity index (χ4n) is 2.98.